The van der Waals surface area contributed by atoms with E-state index < -0.39 is 0 Å². The fourth-order valence-corrected chi connectivity index (χ4v) is 2.40. The van der Waals surface area contributed by atoms with Gasteiger partial charge in [-0.05, 0) is 19.1 Å². The highest BCUT2D eigenvalue weighted by Gasteiger charge is 2.30. The lowest BCUT2D eigenvalue weighted by Crippen LogP contribution is -2.25. The van der Waals surface area contributed by atoms with Crippen LogP contribution in [0.25, 0.3) is 0 Å². The van der Waals surface area contributed by atoms with Crippen molar-refractivity contribution in [2.45, 2.75) is 12.8 Å². The van der Waals surface area contributed by atoms with Crippen molar-refractivity contribution in [3.05, 3.63) is 53.6 Å². The maximum Gasteiger partial charge on any atom is 0.235 e. The summed E-state index contributed by atoms with van der Waals surface area (Å²) >= 11 is 0. The number of ether oxygens (including phenoxy) is 1. The van der Waals surface area contributed by atoms with Crippen molar-refractivity contribution < 1.29 is 9.53 Å². The van der Waals surface area contributed by atoms with Crippen molar-refractivity contribution in [1.29, 1.82) is 0 Å². The van der Waals surface area contributed by atoms with Gasteiger partial charge in [0.2, 0.25) is 5.91 Å². The maximum atomic E-state index is 12.4. The molecule has 0 saturated heterocycles. The van der Waals surface area contributed by atoms with Crippen molar-refractivity contribution in [2.24, 2.45) is 0 Å². The molecule has 0 aliphatic carbocycles. The number of fused-ring (bicyclic) bond motifs is 1. The number of anilines is 1. The van der Waals surface area contributed by atoms with Crippen LogP contribution in [0, 0.1) is 6.92 Å². The van der Waals surface area contributed by atoms with Crippen LogP contribution in [0.15, 0.2) is 42.5 Å². The summed E-state index contributed by atoms with van der Waals surface area (Å²) in [5, 5.41) is 2.88. The molecule has 2 aromatic carbocycles. The first-order valence-corrected chi connectivity index (χ1v) is 6.54. The largest absolute Gasteiger partial charge is 0.492 e. The van der Waals surface area contributed by atoms with Crippen molar-refractivity contribution in [1.82, 2.24) is 0 Å². The molecule has 3 nitrogen and oxygen atoms in total. The van der Waals surface area contributed by atoms with Gasteiger partial charge in [-0.3, -0.25) is 4.79 Å². The zero-order valence-corrected chi connectivity index (χ0v) is 11.2. The molecule has 4 heteroatoms. The average Bonchev–Trinajstić information content (AvgIpc) is 2.86. The van der Waals surface area contributed by atoms with E-state index in [0.29, 0.717) is 17.8 Å². The Morgan fingerprint density at radius 1 is 1.30 bits per heavy atom. The summed E-state index contributed by atoms with van der Waals surface area (Å²) in [4.78, 5) is 12.4. The number of aryl methyl sites for hydroxylation is 1. The maximum absolute atomic E-state index is 12.4. The van der Waals surface area contributed by atoms with Gasteiger partial charge in [0.15, 0.2) is 0 Å². The van der Waals surface area contributed by atoms with Gasteiger partial charge in [0.1, 0.15) is 26.1 Å². The molecule has 1 unspecified atom stereocenters. The third-order valence-electron chi connectivity index (χ3n) is 3.48. The normalized spacial score (nSPS) is 16.4. The summed E-state index contributed by atoms with van der Waals surface area (Å²) in [6.07, 6.45) is 0. The van der Waals surface area contributed by atoms with E-state index in [1.807, 2.05) is 49.4 Å². The lowest BCUT2D eigenvalue weighted by Gasteiger charge is -2.13. The van der Waals surface area contributed by atoms with Crippen LogP contribution >= 0.6 is 0 Å². The molecule has 98 valence electrons. The predicted octanol–water partition coefficient (Wildman–Crippen LogP) is 1.90. The van der Waals surface area contributed by atoms with Gasteiger partial charge in [-0.15, -0.1) is 0 Å². The van der Waals surface area contributed by atoms with Crippen LogP contribution in [-0.2, 0) is 4.79 Å². The van der Waals surface area contributed by atoms with Gasteiger partial charge in [0, 0.05) is 11.3 Å². The SMILES string of the molecule is [B]c1cc(C)ccc1NC(=O)C1COc2ccccc21. The molecule has 1 aliphatic heterocycles. The minimum Gasteiger partial charge on any atom is -0.492 e. The number of hydrogen-bond acceptors (Lipinski definition) is 2. The molecule has 0 bridgehead atoms. The number of benzene rings is 2. The molecule has 0 saturated carbocycles. The molecular formula is C16H14BNO2. The summed E-state index contributed by atoms with van der Waals surface area (Å²) in [7, 11) is 5.92. The van der Waals surface area contributed by atoms with Gasteiger partial charge in [-0.25, -0.2) is 0 Å². The molecular weight excluding hydrogens is 249 g/mol. The Morgan fingerprint density at radius 2 is 2.10 bits per heavy atom. The third-order valence-corrected chi connectivity index (χ3v) is 3.48. The van der Waals surface area contributed by atoms with Crippen LogP contribution in [0.2, 0.25) is 0 Å². The summed E-state index contributed by atoms with van der Waals surface area (Å²) < 4.78 is 5.53. The summed E-state index contributed by atoms with van der Waals surface area (Å²) in [6, 6.07) is 13.2. The minimum absolute atomic E-state index is 0.0921. The van der Waals surface area contributed by atoms with Crippen LogP contribution in [0.1, 0.15) is 17.0 Å². The van der Waals surface area contributed by atoms with Gasteiger partial charge in [0.05, 0.1) is 0 Å². The van der Waals surface area contributed by atoms with Crippen LogP contribution in [0.5, 0.6) is 5.75 Å². The molecule has 2 aromatic rings. The highest BCUT2D eigenvalue weighted by Crippen LogP contribution is 2.33. The molecule has 1 N–H and O–H groups in total. The number of para-hydroxylation sites is 1. The van der Waals surface area contributed by atoms with E-state index in [4.69, 9.17) is 12.6 Å². The van der Waals surface area contributed by atoms with Gasteiger partial charge in [0.25, 0.3) is 0 Å². The van der Waals surface area contributed by atoms with Crippen molar-refractivity contribution in [2.75, 3.05) is 11.9 Å². The van der Waals surface area contributed by atoms with E-state index in [1.165, 1.54) is 0 Å². The Hall–Kier alpha value is -2.23. The number of hydrogen-bond donors (Lipinski definition) is 1. The fourth-order valence-electron chi connectivity index (χ4n) is 2.40. The smallest absolute Gasteiger partial charge is 0.235 e. The van der Waals surface area contributed by atoms with Crippen molar-refractivity contribution >= 4 is 24.9 Å². The Bertz CT molecular complexity index is 669. The zero-order valence-electron chi connectivity index (χ0n) is 11.2. The zero-order chi connectivity index (χ0) is 14.1. The number of carbonyl (C=O) groups is 1. The third kappa shape index (κ3) is 2.29. The van der Waals surface area contributed by atoms with E-state index in [0.717, 1.165) is 16.9 Å². The van der Waals surface area contributed by atoms with Gasteiger partial charge < -0.3 is 10.1 Å². The van der Waals surface area contributed by atoms with E-state index in [-0.39, 0.29) is 11.8 Å². The quantitative estimate of drug-likeness (QED) is 0.840. The predicted molar refractivity (Wildman–Crippen MR) is 79.9 cm³/mol. The van der Waals surface area contributed by atoms with Gasteiger partial charge in [-0.1, -0.05) is 41.4 Å². The highest BCUT2D eigenvalue weighted by atomic mass is 16.5. The van der Waals surface area contributed by atoms with E-state index >= 15 is 0 Å². The number of rotatable bonds is 2. The van der Waals surface area contributed by atoms with Gasteiger partial charge in [-0.2, -0.15) is 0 Å². The van der Waals surface area contributed by atoms with Crippen LogP contribution in [-0.4, -0.2) is 20.4 Å². The molecule has 20 heavy (non-hydrogen) atoms. The lowest BCUT2D eigenvalue weighted by atomic mass is 9.92. The second kappa shape index (κ2) is 5.04. The van der Waals surface area contributed by atoms with Crippen molar-refractivity contribution in [3.63, 3.8) is 0 Å². The molecule has 1 atom stereocenters. The van der Waals surface area contributed by atoms with Crippen LogP contribution in [0.3, 0.4) is 0 Å². The molecule has 1 amide bonds. The van der Waals surface area contributed by atoms with Crippen LogP contribution < -0.4 is 15.5 Å². The highest BCUT2D eigenvalue weighted by molar-refractivity contribution is 6.36. The lowest BCUT2D eigenvalue weighted by molar-refractivity contribution is -0.117. The summed E-state index contributed by atoms with van der Waals surface area (Å²) in [5.41, 5.74) is 3.21. The molecule has 1 aliphatic rings. The molecule has 0 aromatic heterocycles. The van der Waals surface area contributed by atoms with Crippen LogP contribution in [0.4, 0.5) is 5.69 Å². The van der Waals surface area contributed by atoms with E-state index in [2.05, 4.69) is 5.32 Å². The second-order valence-electron chi connectivity index (χ2n) is 4.98. The minimum atomic E-state index is -0.285. The molecule has 2 radical (unpaired) electrons. The first-order chi connectivity index (χ1) is 9.65. The summed E-state index contributed by atoms with van der Waals surface area (Å²) in [5.74, 6) is 0.405. The Morgan fingerprint density at radius 3 is 2.90 bits per heavy atom. The molecule has 0 spiro atoms. The topological polar surface area (TPSA) is 38.3 Å². The summed E-state index contributed by atoms with van der Waals surface area (Å²) in [6.45, 7) is 2.33. The number of amides is 1. The Labute approximate surface area is 119 Å². The average molecular weight is 263 g/mol. The number of nitrogens with one attached hydrogen (secondary N) is 1. The van der Waals surface area contributed by atoms with E-state index in [9.17, 15) is 4.79 Å². The Balaban J connectivity index is 1.81. The van der Waals surface area contributed by atoms with E-state index in [1.54, 1.807) is 0 Å². The van der Waals surface area contributed by atoms with Crippen molar-refractivity contribution in [3.8, 4) is 5.75 Å². The second-order valence-corrected chi connectivity index (χ2v) is 4.98. The first kappa shape index (κ1) is 12.8. The molecule has 3 rings (SSSR count). The molecule has 0 fully saturated rings. The molecule has 1 heterocycles. The Kier molecular flexibility index (Phi) is 3.22. The van der Waals surface area contributed by atoms with Gasteiger partial charge >= 0.3 is 0 Å². The monoisotopic (exact) mass is 263 g/mol. The standard InChI is InChI=1S/C16H14BNO2/c1-10-6-7-14(13(17)8-10)18-16(19)12-9-20-15-5-3-2-4-11(12)15/h2-8,12H,9H2,1H3,(H,18,19). The first-order valence-electron chi connectivity index (χ1n) is 6.54. The fraction of sp³-hybridized carbons (Fsp3) is 0.188. The number of carbonyl (C=O) groups excluding carboxylic acids is 1.